The number of thiophene rings is 1. The van der Waals surface area contributed by atoms with Crippen LogP contribution >= 0.6 is 11.3 Å². The molecule has 2 fully saturated rings. The van der Waals surface area contributed by atoms with E-state index in [4.69, 9.17) is 0 Å². The topological polar surface area (TPSA) is 32.3 Å². The lowest BCUT2D eigenvalue weighted by molar-refractivity contribution is -0.132. The number of nitrogens with one attached hydrogen (secondary N) is 1. The van der Waals surface area contributed by atoms with Crippen molar-refractivity contribution < 1.29 is 4.79 Å². The zero-order valence-corrected chi connectivity index (χ0v) is 12.1. The average molecular weight is 278 g/mol. The summed E-state index contributed by atoms with van der Waals surface area (Å²) in [4.78, 5) is 14.4. The van der Waals surface area contributed by atoms with Crippen molar-refractivity contribution in [3.8, 4) is 0 Å². The molecule has 1 amide bonds. The second kappa shape index (κ2) is 6.06. The highest BCUT2D eigenvalue weighted by molar-refractivity contribution is 7.07. The molecule has 0 spiro atoms. The molecule has 1 N–H and O–H groups in total. The second-order valence-electron chi connectivity index (χ2n) is 5.75. The first kappa shape index (κ1) is 13.1. The van der Waals surface area contributed by atoms with E-state index in [0.717, 1.165) is 31.6 Å². The number of carbonyl (C=O) groups excluding carboxylic acids is 1. The molecule has 0 radical (unpaired) electrons. The van der Waals surface area contributed by atoms with Crippen LogP contribution in [0.15, 0.2) is 16.8 Å². The van der Waals surface area contributed by atoms with Gasteiger partial charge in [-0.15, -0.1) is 0 Å². The van der Waals surface area contributed by atoms with Gasteiger partial charge in [0, 0.05) is 19.1 Å². The molecule has 4 heteroatoms. The summed E-state index contributed by atoms with van der Waals surface area (Å²) in [7, 11) is 0. The first-order valence-electron chi connectivity index (χ1n) is 7.35. The fraction of sp³-hybridized carbons (Fsp3) is 0.667. The Morgan fingerprint density at radius 3 is 3.11 bits per heavy atom. The van der Waals surface area contributed by atoms with Crippen molar-refractivity contribution in [1.82, 2.24) is 10.2 Å². The fourth-order valence-electron chi connectivity index (χ4n) is 3.36. The molecule has 2 atom stereocenters. The van der Waals surface area contributed by atoms with Crippen LogP contribution in [-0.2, 0) is 11.2 Å². The monoisotopic (exact) mass is 278 g/mol. The highest BCUT2D eigenvalue weighted by Crippen LogP contribution is 2.25. The van der Waals surface area contributed by atoms with Crippen LogP contribution in [0.1, 0.15) is 31.2 Å². The van der Waals surface area contributed by atoms with Crippen molar-refractivity contribution in [2.24, 2.45) is 5.92 Å². The van der Waals surface area contributed by atoms with Gasteiger partial charge in [-0.25, -0.2) is 0 Å². The van der Waals surface area contributed by atoms with Gasteiger partial charge in [0.25, 0.3) is 0 Å². The third kappa shape index (κ3) is 3.18. The van der Waals surface area contributed by atoms with E-state index in [2.05, 4.69) is 21.7 Å². The van der Waals surface area contributed by atoms with Crippen LogP contribution in [0.3, 0.4) is 0 Å². The van der Waals surface area contributed by atoms with Crippen LogP contribution in [-0.4, -0.2) is 36.5 Å². The van der Waals surface area contributed by atoms with Gasteiger partial charge in [-0.3, -0.25) is 4.79 Å². The number of hydrogen-bond acceptors (Lipinski definition) is 3. The predicted molar refractivity (Wildman–Crippen MR) is 78.4 cm³/mol. The zero-order valence-electron chi connectivity index (χ0n) is 11.3. The standard InChI is InChI=1S/C15H22N2OS/c18-15(9-12-5-8-19-11-12)17-7-2-3-13(10-17)14-4-1-6-16-14/h5,8,11,13-14,16H,1-4,6-7,9-10H2. The van der Waals surface area contributed by atoms with Crippen molar-refractivity contribution >= 4 is 17.2 Å². The number of carbonyl (C=O) groups is 1. The largest absolute Gasteiger partial charge is 0.342 e. The van der Waals surface area contributed by atoms with Crippen LogP contribution < -0.4 is 5.32 Å². The summed E-state index contributed by atoms with van der Waals surface area (Å²) in [6.45, 7) is 3.07. The van der Waals surface area contributed by atoms with Crippen LogP contribution in [0.4, 0.5) is 0 Å². The van der Waals surface area contributed by atoms with E-state index < -0.39 is 0 Å². The Bertz CT molecular complexity index is 412. The van der Waals surface area contributed by atoms with Gasteiger partial charge in [0.2, 0.25) is 5.91 Å². The number of likely N-dealkylation sites (tertiary alicyclic amines) is 1. The number of hydrogen-bond donors (Lipinski definition) is 1. The molecule has 3 heterocycles. The number of rotatable bonds is 3. The van der Waals surface area contributed by atoms with E-state index in [1.165, 1.54) is 19.3 Å². The Balaban J connectivity index is 1.56. The van der Waals surface area contributed by atoms with Crippen molar-refractivity contribution in [3.63, 3.8) is 0 Å². The second-order valence-corrected chi connectivity index (χ2v) is 6.53. The van der Waals surface area contributed by atoms with Crippen LogP contribution in [0.25, 0.3) is 0 Å². The first-order valence-corrected chi connectivity index (χ1v) is 8.29. The van der Waals surface area contributed by atoms with E-state index in [0.29, 0.717) is 24.3 Å². The average Bonchev–Trinajstić information content (AvgIpc) is 3.12. The minimum Gasteiger partial charge on any atom is -0.342 e. The maximum absolute atomic E-state index is 12.3. The van der Waals surface area contributed by atoms with Crippen molar-refractivity contribution in [2.45, 2.75) is 38.1 Å². The number of nitrogens with zero attached hydrogens (tertiary/aromatic N) is 1. The normalized spacial score (nSPS) is 27.7. The zero-order chi connectivity index (χ0) is 13.1. The highest BCUT2D eigenvalue weighted by Gasteiger charge is 2.30. The molecular formula is C15H22N2OS. The lowest BCUT2D eigenvalue weighted by Crippen LogP contribution is -2.46. The Labute approximate surface area is 119 Å². The highest BCUT2D eigenvalue weighted by atomic mass is 32.1. The van der Waals surface area contributed by atoms with E-state index >= 15 is 0 Å². The molecule has 104 valence electrons. The van der Waals surface area contributed by atoms with E-state index in [1.54, 1.807) is 11.3 Å². The number of piperidine rings is 1. The summed E-state index contributed by atoms with van der Waals surface area (Å²) < 4.78 is 0. The molecule has 0 bridgehead atoms. The van der Waals surface area contributed by atoms with Gasteiger partial charge in [-0.1, -0.05) is 0 Å². The van der Waals surface area contributed by atoms with Crippen LogP contribution in [0.5, 0.6) is 0 Å². The smallest absolute Gasteiger partial charge is 0.227 e. The third-order valence-corrected chi connectivity index (χ3v) is 5.15. The van der Waals surface area contributed by atoms with Crippen LogP contribution in [0.2, 0.25) is 0 Å². The summed E-state index contributed by atoms with van der Waals surface area (Å²) in [6.07, 6.45) is 5.60. The molecule has 2 aliphatic rings. The SMILES string of the molecule is O=C(Cc1ccsc1)N1CCCC(C2CCCN2)C1. The molecule has 3 rings (SSSR count). The minimum atomic E-state index is 0.307. The molecular weight excluding hydrogens is 256 g/mol. The Kier molecular flexibility index (Phi) is 4.18. The molecule has 1 aromatic rings. The maximum Gasteiger partial charge on any atom is 0.227 e. The van der Waals surface area contributed by atoms with Crippen molar-refractivity contribution in [1.29, 1.82) is 0 Å². The predicted octanol–water partition coefficient (Wildman–Crippen LogP) is 2.28. The molecule has 2 aliphatic heterocycles. The Hall–Kier alpha value is -0.870. The number of amides is 1. The summed E-state index contributed by atoms with van der Waals surface area (Å²) in [5.74, 6) is 0.976. The molecule has 3 nitrogen and oxygen atoms in total. The Morgan fingerprint density at radius 1 is 1.42 bits per heavy atom. The van der Waals surface area contributed by atoms with Gasteiger partial charge in [-0.05, 0) is 60.5 Å². The molecule has 0 aliphatic carbocycles. The molecule has 1 aromatic heterocycles. The molecule has 19 heavy (non-hydrogen) atoms. The Morgan fingerprint density at radius 2 is 2.37 bits per heavy atom. The molecule has 2 saturated heterocycles. The minimum absolute atomic E-state index is 0.307. The van der Waals surface area contributed by atoms with Gasteiger partial charge in [0.15, 0.2) is 0 Å². The first-order chi connectivity index (χ1) is 9.33. The van der Waals surface area contributed by atoms with Crippen molar-refractivity contribution in [3.05, 3.63) is 22.4 Å². The van der Waals surface area contributed by atoms with Crippen molar-refractivity contribution in [2.75, 3.05) is 19.6 Å². The maximum atomic E-state index is 12.3. The van der Waals surface area contributed by atoms with Gasteiger partial charge >= 0.3 is 0 Å². The lowest BCUT2D eigenvalue weighted by Gasteiger charge is -2.36. The molecule has 0 saturated carbocycles. The van der Waals surface area contributed by atoms with E-state index in [9.17, 15) is 4.79 Å². The van der Waals surface area contributed by atoms with Gasteiger partial charge in [0.05, 0.1) is 6.42 Å². The fourth-order valence-corrected chi connectivity index (χ4v) is 4.03. The summed E-state index contributed by atoms with van der Waals surface area (Å²) in [5.41, 5.74) is 1.16. The summed E-state index contributed by atoms with van der Waals surface area (Å²) in [5, 5.41) is 7.72. The van der Waals surface area contributed by atoms with E-state index in [1.807, 2.05) is 5.38 Å². The summed E-state index contributed by atoms with van der Waals surface area (Å²) in [6, 6.07) is 2.71. The van der Waals surface area contributed by atoms with Gasteiger partial charge < -0.3 is 10.2 Å². The van der Waals surface area contributed by atoms with Crippen LogP contribution in [0, 0.1) is 5.92 Å². The van der Waals surface area contributed by atoms with Gasteiger partial charge in [-0.2, -0.15) is 11.3 Å². The van der Waals surface area contributed by atoms with Gasteiger partial charge in [0.1, 0.15) is 0 Å². The molecule has 2 unspecified atom stereocenters. The third-order valence-electron chi connectivity index (χ3n) is 4.41. The summed E-state index contributed by atoms with van der Waals surface area (Å²) >= 11 is 1.67. The quantitative estimate of drug-likeness (QED) is 0.920. The lowest BCUT2D eigenvalue weighted by atomic mass is 9.89. The molecule has 0 aromatic carbocycles. The van der Waals surface area contributed by atoms with E-state index in [-0.39, 0.29) is 0 Å².